The van der Waals surface area contributed by atoms with Crippen molar-refractivity contribution in [3.8, 4) is 0 Å². The molecule has 0 fully saturated rings. The summed E-state index contributed by atoms with van der Waals surface area (Å²) in [6, 6.07) is 11.7. The maximum absolute atomic E-state index is 13.4. The van der Waals surface area contributed by atoms with Crippen molar-refractivity contribution < 1.29 is 14.3 Å². The van der Waals surface area contributed by atoms with Crippen molar-refractivity contribution in [3.05, 3.63) is 92.3 Å². The molecule has 3 heterocycles. The quantitative estimate of drug-likeness (QED) is 0.226. The minimum atomic E-state index is -0.684. The molecule has 184 valence electrons. The van der Waals surface area contributed by atoms with Crippen molar-refractivity contribution in [3.63, 3.8) is 0 Å². The lowest BCUT2D eigenvalue weighted by Gasteiger charge is -2.18. The largest absolute Gasteiger partial charge is 0.462 e. The molecular formula is C27H25ClN4O4. The van der Waals surface area contributed by atoms with Crippen LogP contribution in [0.1, 0.15) is 48.3 Å². The van der Waals surface area contributed by atoms with Gasteiger partial charge in [-0.1, -0.05) is 29.8 Å². The van der Waals surface area contributed by atoms with Crippen LogP contribution in [-0.2, 0) is 9.53 Å². The predicted octanol–water partition coefficient (Wildman–Crippen LogP) is 4.51. The van der Waals surface area contributed by atoms with Gasteiger partial charge in [-0.25, -0.2) is 9.78 Å². The van der Waals surface area contributed by atoms with E-state index in [1.807, 2.05) is 26.8 Å². The number of fused-ring (bicyclic) bond motifs is 2. The number of rotatable bonds is 5. The molecule has 36 heavy (non-hydrogen) atoms. The minimum Gasteiger partial charge on any atom is -0.462 e. The first-order chi connectivity index (χ1) is 17.2. The van der Waals surface area contributed by atoms with Gasteiger partial charge in [0, 0.05) is 23.3 Å². The highest BCUT2D eigenvalue weighted by Gasteiger charge is 2.21. The Labute approximate surface area is 212 Å². The molecule has 1 aromatic carbocycles. The Balaban J connectivity index is 2.03. The minimum absolute atomic E-state index is 0.0118. The number of benzene rings is 1. The van der Waals surface area contributed by atoms with E-state index in [2.05, 4.69) is 4.99 Å². The normalized spacial score (nSPS) is 12.2. The summed E-state index contributed by atoms with van der Waals surface area (Å²) in [5.41, 5.74) is 2.13. The fourth-order valence-corrected chi connectivity index (χ4v) is 4.02. The number of carbonyl (C=O) groups is 2. The number of carbonyl (C=O) groups excluding carboxylic acids is 2. The van der Waals surface area contributed by atoms with Gasteiger partial charge in [0.05, 0.1) is 12.0 Å². The van der Waals surface area contributed by atoms with Crippen LogP contribution in [0.2, 0.25) is 5.02 Å². The Morgan fingerprint density at radius 2 is 1.89 bits per heavy atom. The standard InChI is InChI=1S/C27H25ClN4O4/c1-5-36-27(35)21-15-20-24(30-23-17(4)7-6-14-31(23)26(20)34)32(16(2)3)25(21)29-22(33)13-10-18-8-11-19(28)12-9-18/h6-16H,5H2,1-4H3. The van der Waals surface area contributed by atoms with E-state index in [9.17, 15) is 14.4 Å². The fourth-order valence-electron chi connectivity index (χ4n) is 3.89. The molecule has 8 nitrogen and oxygen atoms in total. The fraction of sp³-hybridized carbons (Fsp3) is 0.222. The van der Waals surface area contributed by atoms with Crippen LogP contribution < -0.4 is 11.0 Å². The highest BCUT2D eigenvalue weighted by atomic mass is 35.5. The Morgan fingerprint density at radius 1 is 1.17 bits per heavy atom. The first kappa shape index (κ1) is 25.1. The lowest BCUT2D eigenvalue weighted by atomic mass is 10.1. The van der Waals surface area contributed by atoms with Crippen LogP contribution >= 0.6 is 11.6 Å². The average molecular weight is 505 g/mol. The second kappa shape index (κ2) is 10.3. The molecule has 0 radical (unpaired) electrons. The van der Waals surface area contributed by atoms with Crippen LogP contribution in [0.4, 0.5) is 0 Å². The molecular weight excluding hydrogens is 480 g/mol. The Hall–Kier alpha value is -4.04. The van der Waals surface area contributed by atoms with Gasteiger partial charge in [0.25, 0.3) is 11.5 Å². The molecule has 9 heteroatoms. The third kappa shape index (κ3) is 4.85. The molecule has 0 aliphatic heterocycles. The van der Waals surface area contributed by atoms with Gasteiger partial charge < -0.3 is 9.30 Å². The monoisotopic (exact) mass is 504 g/mol. The molecule has 0 aliphatic carbocycles. The van der Waals surface area contributed by atoms with Crippen molar-refractivity contribution in [1.82, 2.24) is 14.0 Å². The summed E-state index contributed by atoms with van der Waals surface area (Å²) < 4.78 is 8.30. The highest BCUT2D eigenvalue weighted by Crippen LogP contribution is 2.17. The van der Waals surface area contributed by atoms with Gasteiger partial charge >= 0.3 is 5.97 Å². The third-order valence-corrected chi connectivity index (χ3v) is 5.82. The van der Waals surface area contributed by atoms with E-state index in [1.54, 1.807) is 54.1 Å². The second-order valence-corrected chi connectivity index (χ2v) is 8.88. The Morgan fingerprint density at radius 3 is 2.56 bits per heavy atom. The van der Waals surface area contributed by atoms with Crippen LogP contribution in [0.5, 0.6) is 0 Å². The Bertz CT molecular complexity index is 1650. The summed E-state index contributed by atoms with van der Waals surface area (Å²) >= 11 is 5.92. The van der Waals surface area contributed by atoms with E-state index in [4.69, 9.17) is 21.3 Å². The molecule has 0 unspecified atom stereocenters. The first-order valence-electron chi connectivity index (χ1n) is 11.5. The summed E-state index contributed by atoms with van der Waals surface area (Å²) in [7, 11) is 0. The van der Waals surface area contributed by atoms with Crippen molar-refractivity contribution in [2.75, 3.05) is 6.61 Å². The number of pyridine rings is 2. The van der Waals surface area contributed by atoms with Gasteiger partial charge in [-0.05, 0) is 69.2 Å². The zero-order chi connectivity index (χ0) is 26.0. The van der Waals surface area contributed by atoms with Gasteiger partial charge in [0.1, 0.15) is 16.9 Å². The molecule has 0 saturated carbocycles. The summed E-state index contributed by atoms with van der Waals surface area (Å²) in [6.07, 6.45) is 4.54. The molecule has 0 bridgehead atoms. The smallest absolute Gasteiger partial charge is 0.341 e. The van der Waals surface area contributed by atoms with Crippen LogP contribution in [0.15, 0.2) is 64.5 Å². The predicted molar refractivity (Wildman–Crippen MR) is 139 cm³/mol. The van der Waals surface area contributed by atoms with Gasteiger partial charge in [-0.3, -0.25) is 14.0 Å². The van der Waals surface area contributed by atoms with E-state index in [-0.39, 0.29) is 34.6 Å². The second-order valence-electron chi connectivity index (χ2n) is 8.44. The van der Waals surface area contributed by atoms with E-state index < -0.39 is 11.9 Å². The van der Waals surface area contributed by atoms with Crippen molar-refractivity contribution >= 4 is 46.2 Å². The third-order valence-electron chi connectivity index (χ3n) is 5.57. The van der Waals surface area contributed by atoms with Crippen LogP contribution in [0.3, 0.4) is 0 Å². The summed E-state index contributed by atoms with van der Waals surface area (Å²) in [4.78, 5) is 48.2. The number of ether oxygens (including phenoxy) is 1. The van der Waals surface area contributed by atoms with Crippen LogP contribution in [0, 0.1) is 6.92 Å². The molecule has 4 aromatic rings. The number of nitrogens with zero attached hydrogens (tertiary/aromatic N) is 4. The topological polar surface area (TPSA) is 95.0 Å². The zero-order valence-corrected chi connectivity index (χ0v) is 21.1. The summed E-state index contributed by atoms with van der Waals surface area (Å²) in [6.45, 7) is 7.39. The number of aromatic nitrogens is 3. The van der Waals surface area contributed by atoms with Crippen molar-refractivity contribution in [2.24, 2.45) is 4.99 Å². The highest BCUT2D eigenvalue weighted by molar-refractivity contribution is 6.30. The number of aryl methyl sites for hydroxylation is 1. The number of halogens is 1. The molecule has 0 aliphatic rings. The van der Waals surface area contributed by atoms with Gasteiger partial charge in [-0.2, -0.15) is 4.99 Å². The number of hydrogen-bond donors (Lipinski definition) is 0. The molecule has 4 rings (SSSR count). The summed E-state index contributed by atoms with van der Waals surface area (Å²) in [5, 5.41) is 0.806. The van der Waals surface area contributed by atoms with E-state index in [0.717, 1.165) is 11.1 Å². The molecule has 0 atom stereocenters. The van der Waals surface area contributed by atoms with Gasteiger partial charge in [0.2, 0.25) is 0 Å². The number of amides is 1. The Kier molecular flexibility index (Phi) is 7.17. The maximum Gasteiger partial charge on any atom is 0.341 e. The summed E-state index contributed by atoms with van der Waals surface area (Å²) in [5.74, 6) is -1.27. The van der Waals surface area contributed by atoms with Gasteiger partial charge in [0.15, 0.2) is 5.49 Å². The molecule has 0 saturated heterocycles. The van der Waals surface area contributed by atoms with E-state index >= 15 is 0 Å². The number of hydrogen-bond acceptors (Lipinski definition) is 5. The molecule has 1 amide bonds. The zero-order valence-electron chi connectivity index (χ0n) is 20.4. The van der Waals surface area contributed by atoms with E-state index in [1.165, 1.54) is 16.5 Å². The van der Waals surface area contributed by atoms with E-state index in [0.29, 0.717) is 16.3 Å². The van der Waals surface area contributed by atoms with Crippen LogP contribution in [0.25, 0.3) is 22.8 Å². The molecule has 0 spiro atoms. The van der Waals surface area contributed by atoms with Crippen molar-refractivity contribution in [1.29, 1.82) is 0 Å². The first-order valence-corrected chi connectivity index (χ1v) is 11.9. The average Bonchev–Trinajstić information content (AvgIpc) is 2.84. The SMILES string of the molecule is CCOC(=O)c1cc2c(=O)n3cccc(C)c3nc2n(C(C)C)c1=NC(=O)C=Cc1ccc(Cl)cc1. The number of esters is 1. The lowest BCUT2D eigenvalue weighted by Crippen LogP contribution is -2.33. The molecule has 3 aromatic heterocycles. The lowest BCUT2D eigenvalue weighted by molar-refractivity contribution is -0.113. The van der Waals surface area contributed by atoms with Crippen molar-refractivity contribution in [2.45, 2.75) is 33.7 Å². The van der Waals surface area contributed by atoms with Gasteiger partial charge in [-0.15, -0.1) is 0 Å². The van der Waals surface area contributed by atoms with Crippen LogP contribution in [-0.4, -0.2) is 32.4 Å². The molecule has 0 N–H and O–H groups in total. The maximum atomic E-state index is 13.4.